The van der Waals surface area contributed by atoms with Crippen LogP contribution in [0, 0.1) is 27.7 Å². The van der Waals surface area contributed by atoms with E-state index in [1.807, 2.05) is 13.8 Å². The number of benzene rings is 1. The molecule has 0 aliphatic carbocycles. The summed E-state index contributed by atoms with van der Waals surface area (Å²) in [6.07, 6.45) is 3.12. The van der Waals surface area contributed by atoms with Crippen molar-refractivity contribution in [1.82, 2.24) is 4.98 Å². The predicted octanol–water partition coefficient (Wildman–Crippen LogP) is 2.70. The fraction of sp³-hybridized carbons (Fsp3) is 0.267. The Labute approximate surface area is 125 Å². The zero-order valence-electron chi connectivity index (χ0n) is 12.6. The molecule has 0 saturated heterocycles. The highest BCUT2D eigenvalue weighted by Gasteiger charge is 2.23. The number of aromatic nitrogens is 1. The number of nitrogens with zero attached hydrogens (tertiary/aromatic N) is 1. The molecule has 0 amide bonds. The average molecular weight is 305 g/mol. The summed E-state index contributed by atoms with van der Waals surface area (Å²) in [7, 11) is -3.71. The number of sulfonamides is 1. The average Bonchev–Trinajstić information content (AvgIpc) is 2.39. The van der Waals surface area contributed by atoms with Gasteiger partial charge >= 0.3 is 0 Å². The van der Waals surface area contributed by atoms with Crippen LogP contribution in [0.1, 0.15) is 22.3 Å². The highest BCUT2D eigenvalue weighted by atomic mass is 32.2. The Bertz CT molecular complexity index is 773. The summed E-state index contributed by atoms with van der Waals surface area (Å²) in [5.74, 6) is 0. The number of hydrogen-bond acceptors (Lipinski definition) is 4. The van der Waals surface area contributed by atoms with Crippen LogP contribution in [0.4, 0.5) is 11.4 Å². The molecule has 3 N–H and O–H groups in total. The summed E-state index contributed by atoms with van der Waals surface area (Å²) >= 11 is 0. The monoisotopic (exact) mass is 305 g/mol. The van der Waals surface area contributed by atoms with Crippen LogP contribution in [-0.4, -0.2) is 13.4 Å². The Morgan fingerprint density at radius 3 is 2.38 bits per heavy atom. The van der Waals surface area contributed by atoms with Gasteiger partial charge in [-0.25, -0.2) is 8.42 Å². The molecule has 0 fully saturated rings. The van der Waals surface area contributed by atoms with Gasteiger partial charge in [0.25, 0.3) is 10.0 Å². The van der Waals surface area contributed by atoms with E-state index in [9.17, 15) is 8.42 Å². The van der Waals surface area contributed by atoms with Crippen LogP contribution in [0.5, 0.6) is 0 Å². The van der Waals surface area contributed by atoms with Crippen LogP contribution in [0.25, 0.3) is 0 Å². The molecule has 0 radical (unpaired) electrons. The van der Waals surface area contributed by atoms with E-state index in [-0.39, 0.29) is 4.90 Å². The molecule has 2 rings (SSSR count). The molecule has 0 bridgehead atoms. The number of rotatable bonds is 3. The lowest BCUT2D eigenvalue weighted by Crippen LogP contribution is -2.18. The molecule has 6 heteroatoms. The van der Waals surface area contributed by atoms with Crippen molar-refractivity contribution in [1.29, 1.82) is 0 Å². The summed E-state index contributed by atoms with van der Waals surface area (Å²) in [4.78, 5) is 4.19. The summed E-state index contributed by atoms with van der Waals surface area (Å²) < 4.78 is 28.0. The van der Waals surface area contributed by atoms with Crippen LogP contribution in [0.15, 0.2) is 29.4 Å². The summed E-state index contributed by atoms with van der Waals surface area (Å²) in [5.41, 5.74) is 9.77. The highest BCUT2D eigenvalue weighted by Crippen LogP contribution is 2.29. The molecule has 0 aliphatic heterocycles. The standard InChI is InChI=1S/C15H19N3O2S/c1-9-5-6-17-8-14(9)18-21(19,20)15-11(3)10(2)7-13(16)12(15)4/h5-8,18H,16H2,1-4H3. The van der Waals surface area contributed by atoms with Gasteiger partial charge in [0.2, 0.25) is 0 Å². The Morgan fingerprint density at radius 2 is 1.76 bits per heavy atom. The van der Waals surface area contributed by atoms with Crippen molar-refractivity contribution in [2.75, 3.05) is 10.5 Å². The fourth-order valence-corrected chi connectivity index (χ4v) is 3.90. The minimum absolute atomic E-state index is 0.239. The molecule has 0 unspecified atom stereocenters. The number of aryl methyl sites for hydroxylation is 2. The van der Waals surface area contributed by atoms with E-state index in [0.29, 0.717) is 22.5 Å². The molecule has 0 saturated carbocycles. The second-order valence-electron chi connectivity index (χ2n) is 5.16. The van der Waals surface area contributed by atoms with E-state index in [2.05, 4.69) is 9.71 Å². The van der Waals surface area contributed by atoms with Gasteiger partial charge in [0.15, 0.2) is 0 Å². The molecular formula is C15H19N3O2S. The van der Waals surface area contributed by atoms with Crippen molar-refractivity contribution in [3.05, 3.63) is 46.8 Å². The largest absolute Gasteiger partial charge is 0.398 e. The third-order valence-corrected chi connectivity index (χ3v) is 5.27. The molecule has 1 aromatic carbocycles. The Hall–Kier alpha value is -2.08. The van der Waals surface area contributed by atoms with Crippen molar-refractivity contribution < 1.29 is 8.42 Å². The molecule has 5 nitrogen and oxygen atoms in total. The molecule has 1 heterocycles. The molecule has 112 valence electrons. The number of nitrogen functional groups attached to an aromatic ring is 1. The first-order chi connectivity index (χ1) is 9.74. The maximum absolute atomic E-state index is 12.7. The first-order valence-electron chi connectivity index (χ1n) is 6.53. The van der Waals surface area contributed by atoms with Gasteiger partial charge in [0.1, 0.15) is 0 Å². The molecule has 0 spiro atoms. The maximum atomic E-state index is 12.7. The fourth-order valence-electron chi connectivity index (χ4n) is 2.21. The van der Waals surface area contributed by atoms with Crippen molar-refractivity contribution >= 4 is 21.4 Å². The van der Waals surface area contributed by atoms with E-state index in [0.717, 1.165) is 11.1 Å². The van der Waals surface area contributed by atoms with E-state index >= 15 is 0 Å². The first kappa shape index (κ1) is 15.3. The normalized spacial score (nSPS) is 11.4. The van der Waals surface area contributed by atoms with Gasteiger partial charge in [-0.3, -0.25) is 9.71 Å². The van der Waals surface area contributed by atoms with Crippen molar-refractivity contribution in [3.8, 4) is 0 Å². The van der Waals surface area contributed by atoms with Crippen LogP contribution in [-0.2, 0) is 10.0 Å². The molecule has 0 atom stereocenters. The van der Waals surface area contributed by atoms with Gasteiger partial charge in [-0.2, -0.15) is 0 Å². The van der Waals surface area contributed by atoms with Crippen LogP contribution in [0.3, 0.4) is 0 Å². The molecule has 0 aliphatic rings. The SMILES string of the molecule is Cc1ccncc1NS(=O)(=O)c1c(C)c(C)cc(N)c1C. The topological polar surface area (TPSA) is 85.1 Å². The minimum Gasteiger partial charge on any atom is -0.398 e. The van der Waals surface area contributed by atoms with Gasteiger partial charge in [-0.15, -0.1) is 0 Å². The number of pyridine rings is 1. The van der Waals surface area contributed by atoms with E-state index in [1.165, 1.54) is 6.20 Å². The highest BCUT2D eigenvalue weighted by molar-refractivity contribution is 7.92. The van der Waals surface area contributed by atoms with Crippen molar-refractivity contribution in [2.45, 2.75) is 32.6 Å². The van der Waals surface area contributed by atoms with E-state index < -0.39 is 10.0 Å². The smallest absolute Gasteiger partial charge is 0.262 e. The third kappa shape index (κ3) is 2.85. The summed E-state index contributed by atoms with van der Waals surface area (Å²) in [6.45, 7) is 7.17. The lowest BCUT2D eigenvalue weighted by Gasteiger charge is -2.17. The number of nitrogens with two attached hydrogens (primary N) is 1. The van der Waals surface area contributed by atoms with Crippen molar-refractivity contribution in [2.24, 2.45) is 0 Å². The van der Waals surface area contributed by atoms with Gasteiger partial charge in [-0.1, -0.05) is 0 Å². The Balaban J connectivity index is 2.58. The zero-order chi connectivity index (χ0) is 15.8. The second kappa shape index (κ2) is 5.37. The first-order valence-corrected chi connectivity index (χ1v) is 8.02. The Morgan fingerprint density at radius 1 is 1.10 bits per heavy atom. The van der Waals surface area contributed by atoms with Gasteiger partial charge < -0.3 is 5.73 Å². The third-order valence-electron chi connectivity index (χ3n) is 3.63. The van der Waals surface area contributed by atoms with Crippen molar-refractivity contribution in [3.63, 3.8) is 0 Å². The number of anilines is 2. The maximum Gasteiger partial charge on any atom is 0.262 e. The lowest BCUT2D eigenvalue weighted by atomic mass is 10.1. The molecule has 21 heavy (non-hydrogen) atoms. The number of hydrogen-bond donors (Lipinski definition) is 2. The van der Waals surface area contributed by atoms with Gasteiger partial charge in [0.05, 0.1) is 16.8 Å². The molecular weight excluding hydrogens is 286 g/mol. The van der Waals surface area contributed by atoms with E-state index in [1.54, 1.807) is 32.2 Å². The quantitative estimate of drug-likeness (QED) is 0.854. The van der Waals surface area contributed by atoms with Gasteiger partial charge in [-0.05, 0) is 62.1 Å². The molecule has 1 aromatic heterocycles. The zero-order valence-corrected chi connectivity index (χ0v) is 13.4. The van der Waals surface area contributed by atoms with Gasteiger partial charge in [0, 0.05) is 11.9 Å². The van der Waals surface area contributed by atoms with Crippen LogP contribution >= 0.6 is 0 Å². The molecule has 2 aromatic rings. The Kier molecular flexibility index (Phi) is 3.91. The van der Waals surface area contributed by atoms with Crippen LogP contribution < -0.4 is 10.5 Å². The van der Waals surface area contributed by atoms with Crippen LogP contribution in [0.2, 0.25) is 0 Å². The lowest BCUT2D eigenvalue weighted by molar-refractivity contribution is 0.600. The predicted molar refractivity (Wildman–Crippen MR) is 84.8 cm³/mol. The summed E-state index contributed by atoms with van der Waals surface area (Å²) in [6, 6.07) is 3.54. The minimum atomic E-state index is -3.71. The van der Waals surface area contributed by atoms with E-state index in [4.69, 9.17) is 5.73 Å². The number of nitrogens with one attached hydrogen (secondary N) is 1. The summed E-state index contributed by atoms with van der Waals surface area (Å²) in [5, 5.41) is 0. The second-order valence-corrected chi connectivity index (χ2v) is 6.78.